The molecule has 0 aliphatic carbocycles. The van der Waals surface area contributed by atoms with Crippen LogP contribution in [0.25, 0.3) is 0 Å². The van der Waals surface area contributed by atoms with Crippen molar-refractivity contribution in [2.24, 2.45) is 5.92 Å². The minimum atomic E-state index is -0.603. The summed E-state index contributed by atoms with van der Waals surface area (Å²) in [5.74, 6) is -1.84. The monoisotopic (exact) mass is 385 g/mol. The number of esters is 1. The molecule has 1 fully saturated rings. The van der Waals surface area contributed by atoms with Crippen molar-refractivity contribution in [2.45, 2.75) is 32.2 Å². The fraction of sp³-hybridized carbons (Fsp3) is 0.500. The highest BCUT2D eigenvalue weighted by Gasteiger charge is 2.36. The molecule has 8 heteroatoms. The number of ketones is 1. The highest BCUT2D eigenvalue weighted by atomic mass is 35.5. The highest BCUT2D eigenvalue weighted by molar-refractivity contribution is 6.30. The predicted octanol–water partition coefficient (Wildman–Crippen LogP) is 3.52. The van der Waals surface area contributed by atoms with Crippen molar-refractivity contribution in [1.29, 1.82) is 0 Å². The number of methoxy groups -OCH3 is 1. The van der Waals surface area contributed by atoms with Gasteiger partial charge in [-0.3, -0.25) is 9.59 Å². The second-order valence-electron chi connectivity index (χ2n) is 6.02. The van der Waals surface area contributed by atoms with E-state index in [2.05, 4.69) is 0 Å². The fourth-order valence-corrected chi connectivity index (χ4v) is 3.25. The third-order valence-electron chi connectivity index (χ3n) is 4.42. The smallest absolute Gasteiger partial charge is 0.409 e. The summed E-state index contributed by atoms with van der Waals surface area (Å²) < 4.78 is 23.5. The number of halogens is 2. The maximum absolute atomic E-state index is 13.9. The molecule has 1 aliphatic heterocycles. The number of amides is 1. The summed E-state index contributed by atoms with van der Waals surface area (Å²) in [6.45, 7) is 2.14. The maximum atomic E-state index is 13.9. The molecule has 1 aromatic rings. The van der Waals surface area contributed by atoms with Gasteiger partial charge >= 0.3 is 12.1 Å². The molecule has 0 saturated carbocycles. The number of rotatable bonds is 5. The van der Waals surface area contributed by atoms with Crippen LogP contribution < -0.4 is 0 Å². The minimum Gasteiger partial charge on any atom is -0.466 e. The van der Waals surface area contributed by atoms with Crippen molar-refractivity contribution >= 4 is 29.4 Å². The summed E-state index contributed by atoms with van der Waals surface area (Å²) in [4.78, 5) is 37.5. The Morgan fingerprint density at radius 2 is 2.08 bits per heavy atom. The van der Waals surface area contributed by atoms with Gasteiger partial charge in [0.1, 0.15) is 18.0 Å². The Labute approximate surface area is 156 Å². The molecule has 0 radical (unpaired) electrons. The molecule has 1 aliphatic rings. The second kappa shape index (κ2) is 8.98. The van der Waals surface area contributed by atoms with Gasteiger partial charge < -0.3 is 14.4 Å². The van der Waals surface area contributed by atoms with E-state index in [9.17, 15) is 18.8 Å². The van der Waals surface area contributed by atoms with Crippen molar-refractivity contribution in [1.82, 2.24) is 4.90 Å². The number of Topliss-reactive ketones (excluding diaryl/α,β-unsaturated/α-hetero) is 1. The zero-order chi connectivity index (χ0) is 19.3. The molecule has 0 unspecified atom stereocenters. The lowest BCUT2D eigenvalue weighted by Gasteiger charge is -2.38. The largest absolute Gasteiger partial charge is 0.466 e. The Hall–Kier alpha value is -2.15. The average Bonchev–Trinajstić information content (AvgIpc) is 2.63. The molecule has 1 saturated heterocycles. The number of likely N-dealkylation sites (tertiary alicyclic amines) is 1. The summed E-state index contributed by atoms with van der Waals surface area (Å²) in [6, 6.07) is 3.73. The van der Waals surface area contributed by atoms with Gasteiger partial charge in [0.15, 0.2) is 0 Å². The van der Waals surface area contributed by atoms with Gasteiger partial charge in [0.2, 0.25) is 0 Å². The maximum Gasteiger partial charge on any atom is 0.409 e. The predicted molar refractivity (Wildman–Crippen MR) is 92.2 cm³/mol. The first kappa shape index (κ1) is 20.2. The molecule has 1 heterocycles. The number of hydrogen-bond acceptors (Lipinski definition) is 5. The normalized spacial score (nSPS) is 19.8. The van der Waals surface area contributed by atoms with Crippen LogP contribution in [0.2, 0.25) is 5.02 Å². The van der Waals surface area contributed by atoms with E-state index in [1.807, 2.05) is 0 Å². The van der Waals surface area contributed by atoms with Gasteiger partial charge in [0, 0.05) is 12.5 Å². The molecule has 0 spiro atoms. The van der Waals surface area contributed by atoms with Gasteiger partial charge in [0.25, 0.3) is 0 Å². The molecule has 26 heavy (non-hydrogen) atoms. The molecule has 2 rings (SSSR count). The summed E-state index contributed by atoms with van der Waals surface area (Å²) >= 11 is 5.73. The molecule has 1 aromatic carbocycles. The third-order valence-corrected chi connectivity index (χ3v) is 4.73. The van der Waals surface area contributed by atoms with E-state index in [-0.39, 0.29) is 36.8 Å². The fourth-order valence-electron chi connectivity index (χ4n) is 3.13. The van der Waals surface area contributed by atoms with Gasteiger partial charge in [-0.15, -0.1) is 0 Å². The highest BCUT2D eigenvalue weighted by Crippen LogP contribution is 2.36. The summed E-state index contributed by atoms with van der Waals surface area (Å²) in [5, 5.41) is -0.0240. The molecular formula is C18H21ClFNO5. The van der Waals surface area contributed by atoms with E-state index in [4.69, 9.17) is 21.1 Å². The number of hydrogen-bond donors (Lipinski definition) is 0. The summed E-state index contributed by atoms with van der Waals surface area (Å²) in [5.41, 5.74) is 0.519. The first-order chi connectivity index (χ1) is 12.4. The first-order valence-corrected chi connectivity index (χ1v) is 8.73. The minimum absolute atomic E-state index is 0.0240. The third kappa shape index (κ3) is 4.72. The van der Waals surface area contributed by atoms with Gasteiger partial charge in [-0.2, -0.15) is 0 Å². The van der Waals surface area contributed by atoms with E-state index in [1.54, 1.807) is 13.0 Å². The van der Waals surface area contributed by atoms with E-state index >= 15 is 0 Å². The van der Waals surface area contributed by atoms with Gasteiger partial charge in [0.05, 0.1) is 24.8 Å². The number of nitrogens with zero attached hydrogens (tertiary/aromatic N) is 1. The first-order valence-electron chi connectivity index (χ1n) is 8.35. The van der Waals surface area contributed by atoms with Gasteiger partial charge in [-0.25, -0.2) is 9.18 Å². The Kier molecular flexibility index (Phi) is 6.97. The molecule has 1 amide bonds. The van der Waals surface area contributed by atoms with E-state index < -0.39 is 29.8 Å². The number of benzene rings is 1. The van der Waals surface area contributed by atoms with Crippen LogP contribution in [0.5, 0.6) is 0 Å². The van der Waals surface area contributed by atoms with E-state index in [0.717, 1.165) is 0 Å². The molecule has 0 N–H and O–H groups in total. The standard InChI is InChI=1S/C18H21ClFNO5/c1-3-26-17(23)10-16(22)12-6-7-21(18(24)25-2)15(9-12)11-4-5-13(19)14(20)8-11/h4-5,8,12,15H,3,6-7,9-10H2,1-2H3/t12-,15-/m1/s1. The van der Waals surface area contributed by atoms with Crippen molar-refractivity contribution in [3.05, 3.63) is 34.6 Å². The van der Waals surface area contributed by atoms with Crippen LogP contribution in [0, 0.1) is 11.7 Å². The lowest BCUT2D eigenvalue weighted by Crippen LogP contribution is -2.43. The van der Waals surface area contributed by atoms with Crippen LogP contribution in [-0.4, -0.2) is 43.0 Å². The Balaban J connectivity index is 2.21. The second-order valence-corrected chi connectivity index (χ2v) is 6.43. The Bertz CT molecular complexity index is 696. The molecule has 6 nitrogen and oxygen atoms in total. The summed E-state index contributed by atoms with van der Waals surface area (Å²) in [7, 11) is 1.26. The molecule has 142 valence electrons. The lowest BCUT2D eigenvalue weighted by atomic mass is 9.84. The van der Waals surface area contributed by atoms with Crippen LogP contribution in [0.4, 0.5) is 9.18 Å². The van der Waals surface area contributed by atoms with Crippen molar-refractivity contribution < 1.29 is 28.2 Å². The SMILES string of the molecule is CCOC(=O)CC(=O)[C@@H]1CCN(C(=O)OC)[C@@H](c2ccc(Cl)c(F)c2)C1. The van der Waals surface area contributed by atoms with Crippen LogP contribution in [0.1, 0.15) is 37.8 Å². The molecular weight excluding hydrogens is 365 g/mol. The van der Waals surface area contributed by atoms with Crippen LogP contribution in [0.15, 0.2) is 18.2 Å². The van der Waals surface area contributed by atoms with E-state index in [1.165, 1.54) is 24.1 Å². The number of carbonyl (C=O) groups excluding carboxylic acids is 3. The quantitative estimate of drug-likeness (QED) is 0.572. The molecule has 0 bridgehead atoms. The van der Waals surface area contributed by atoms with Crippen LogP contribution in [-0.2, 0) is 19.1 Å². The molecule has 2 atom stereocenters. The lowest BCUT2D eigenvalue weighted by molar-refractivity contribution is -0.146. The number of piperidine rings is 1. The molecule has 0 aromatic heterocycles. The van der Waals surface area contributed by atoms with Crippen LogP contribution >= 0.6 is 11.6 Å². The van der Waals surface area contributed by atoms with Gasteiger partial charge in [-0.1, -0.05) is 17.7 Å². The Morgan fingerprint density at radius 3 is 2.69 bits per heavy atom. The van der Waals surface area contributed by atoms with E-state index in [0.29, 0.717) is 12.0 Å². The summed E-state index contributed by atoms with van der Waals surface area (Å²) in [6.07, 6.45) is -0.186. The number of ether oxygens (including phenoxy) is 2. The zero-order valence-electron chi connectivity index (χ0n) is 14.7. The van der Waals surface area contributed by atoms with Crippen molar-refractivity contribution in [3.8, 4) is 0 Å². The zero-order valence-corrected chi connectivity index (χ0v) is 15.4. The Morgan fingerprint density at radius 1 is 1.35 bits per heavy atom. The van der Waals surface area contributed by atoms with Crippen molar-refractivity contribution in [3.63, 3.8) is 0 Å². The topological polar surface area (TPSA) is 72.9 Å². The van der Waals surface area contributed by atoms with Crippen LogP contribution in [0.3, 0.4) is 0 Å². The number of carbonyl (C=O) groups is 3. The van der Waals surface area contributed by atoms with Gasteiger partial charge in [-0.05, 0) is 37.5 Å². The van der Waals surface area contributed by atoms with Crippen molar-refractivity contribution in [2.75, 3.05) is 20.3 Å². The average molecular weight is 386 g/mol.